The van der Waals surface area contributed by atoms with Gasteiger partial charge >= 0.3 is 0 Å². The van der Waals surface area contributed by atoms with E-state index in [0.717, 1.165) is 5.70 Å². The van der Waals surface area contributed by atoms with Crippen molar-refractivity contribution in [2.45, 2.75) is 34.6 Å². The average molecular weight is 129 g/mol. The molecule has 0 aromatic rings. The lowest BCUT2D eigenvalue weighted by atomic mass is 10.1. The highest BCUT2D eigenvalue weighted by molar-refractivity contribution is 4.96. The first-order valence-corrected chi connectivity index (χ1v) is 3.60. The van der Waals surface area contributed by atoms with Gasteiger partial charge in [0, 0.05) is 5.70 Å². The maximum absolute atomic E-state index is 5.48. The van der Waals surface area contributed by atoms with E-state index >= 15 is 0 Å². The molecule has 1 heteroatoms. The Labute approximate surface area is 58.9 Å². The quantitative estimate of drug-likeness (QED) is 0.578. The molecule has 0 aliphatic heterocycles. The predicted octanol–water partition coefficient (Wildman–Crippen LogP) is 2.53. The van der Waals surface area contributed by atoms with Crippen molar-refractivity contribution in [1.82, 2.24) is 0 Å². The summed E-state index contributed by atoms with van der Waals surface area (Å²) in [7, 11) is 0. The summed E-state index contributed by atoms with van der Waals surface area (Å²) >= 11 is 0. The van der Waals surface area contributed by atoms with E-state index in [4.69, 9.17) is 5.73 Å². The average Bonchev–Trinajstić information content (AvgIpc) is 1.91. The normalized spacial score (nSPS) is 10.7. The fourth-order valence-corrected chi connectivity index (χ4v) is 0.333. The SMILES string of the molecule is C/C=C(\N)C(C)C.CC. The molecule has 0 rings (SSSR count). The second-order valence-corrected chi connectivity index (χ2v) is 1.94. The third kappa shape index (κ3) is 7.54. The van der Waals surface area contributed by atoms with Gasteiger partial charge < -0.3 is 5.73 Å². The van der Waals surface area contributed by atoms with Gasteiger partial charge in [0.05, 0.1) is 0 Å². The maximum Gasteiger partial charge on any atom is 0.00631 e. The van der Waals surface area contributed by atoms with E-state index in [0.29, 0.717) is 5.92 Å². The fraction of sp³-hybridized carbons (Fsp3) is 0.750. The van der Waals surface area contributed by atoms with Crippen LogP contribution in [-0.2, 0) is 0 Å². The molecule has 0 spiro atoms. The van der Waals surface area contributed by atoms with Crippen LogP contribution in [0.2, 0.25) is 0 Å². The van der Waals surface area contributed by atoms with E-state index < -0.39 is 0 Å². The Hall–Kier alpha value is -0.460. The zero-order chi connectivity index (χ0) is 7.86. The smallest absolute Gasteiger partial charge is 0.00631 e. The highest BCUT2D eigenvalue weighted by Crippen LogP contribution is 1.99. The monoisotopic (exact) mass is 129 g/mol. The van der Waals surface area contributed by atoms with Crippen molar-refractivity contribution in [2.24, 2.45) is 11.7 Å². The summed E-state index contributed by atoms with van der Waals surface area (Å²) < 4.78 is 0. The molecule has 2 N–H and O–H groups in total. The van der Waals surface area contributed by atoms with E-state index in [1.807, 2.05) is 26.8 Å². The Morgan fingerprint density at radius 3 is 1.67 bits per heavy atom. The minimum Gasteiger partial charge on any atom is -0.402 e. The molecule has 1 nitrogen and oxygen atoms in total. The molecule has 9 heavy (non-hydrogen) atoms. The third-order valence-electron chi connectivity index (χ3n) is 1.00. The van der Waals surface area contributed by atoms with Crippen LogP contribution in [0.5, 0.6) is 0 Å². The molecule has 0 aliphatic carbocycles. The first-order valence-electron chi connectivity index (χ1n) is 3.60. The van der Waals surface area contributed by atoms with E-state index in [9.17, 15) is 0 Å². The maximum atomic E-state index is 5.48. The number of hydrogen-bond acceptors (Lipinski definition) is 1. The van der Waals surface area contributed by atoms with Crippen LogP contribution in [0.3, 0.4) is 0 Å². The lowest BCUT2D eigenvalue weighted by molar-refractivity contribution is 0.755. The largest absolute Gasteiger partial charge is 0.402 e. The Morgan fingerprint density at radius 1 is 1.33 bits per heavy atom. The van der Waals surface area contributed by atoms with Crippen LogP contribution < -0.4 is 5.73 Å². The summed E-state index contributed by atoms with van der Waals surface area (Å²) in [5.41, 5.74) is 6.45. The van der Waals surface area contributed by atoms with Crippen molar-refractivity contribution in [3.8, 4) is 0 Å². The molecule has 0 aliphatic rings. The zero-order valence-corrected chi connectivity index (χ0v) is 7.23. The Balaban J connectivity index is 0. The van der Waals surface area contributed by atoms with Gasteiger partial charge in [-0.05, 0) is 12.8 Å². The standard InChI is InChI=1S/C6H13N.C2H6/c1-4-6(7)5(2)3;1-2/h4-5H,7H2,1-3H3;1-2H3/b6-4-;. The van der Waals surface area contributed by atoms with Crippen LogP contribution in [0.15, 0.2) is 11.8 Å². The molecule has 0 unspecified atom stereocenters. The van der Waals surface area contributed by atoms with Gasteiger partial charge in [0.25, 0.3) is 0 Å². The van der Waals surface area contributed by atoms with Crippen LogP contribution in [0, 0.1) is 5.92 Å². The van der Waals surface area contributed by atoms with Gasteiger partial charge in [0.1, 0.15) is 0 Å². The summed E-state index contributed by atoms with van der Waals surface area (Å²) in [6, 6.07) is 0. The van der Waals surface area contributed by atoms with Gasteiger partial charge in [0.15, 0.2) is 0 Å². The van der Waals surface area contributed by atoms with Gasteiger partial charge in [-0.15, -0.1) is 0 Å². The van der Waals surface area contributed by atoms with Crippen LogP contribution in [0.25, 0.3) is 0 Å². The Bertz CT molecular complexity index is 72.6. The lowest BCUT2D eigenvalue weighted by Crippen LogP contribution is -2.03. The minimum absolute atomic E-state index is 0.505. The van der Waals surface area contributed by atoms with E-state index in [-0.39, 0.29) is 0 Å². The number of nitrogens with two attached hydrogens (primary N) is 1. The van der Waals surface area contributed by atoms with Crippen molar-refractivity contribution >= 4 is 0 Å². The first kappa shape index (κ1) is 11.4. The molecule has 0 saturated carbocycles. The molecule has 0 heterocycles. The zero-order valence-electron chi connectivity index (χ0n) is 7.23. The molecule has 0 fully saturated rings. The number of rotatable bonds is 1. The second-order valence-electron chi connectivity index (χ2n) is 1.94. The molecular weight excluding hydrogens is 110 g/mol. The lowest BCUT2D eigenvalue weighted by Gasteiger charge is -2.00. The first-order chi connectivity index (χ1) is 4.18. The molecule has 0 amide bonds. The molecule has 56 valence electrons. The van der Waals surface area contributed by atoms with Crippen molar-refractivity contribution in [3.05, 3.63) is 11.8 Å². The van der Waals surface area contributed by atoms with Gasteiger partial charge in [-0.2, -0.15) is 0 Å². The summed E-state index contributed by atoms with van der Waals surface area (Å²) in [5.74, 6) is 0.505. The Morgan fingerprint density at radius 2 is 1.67 bits per heavy atom. The summed E-state index contributed by atoms with van der Waals surface area (Å²) in [4.78, 5) is 0. The van der Waals surface area contributed by atoms with Gasteiger partial charge in [-0.25, -0.2) is 0 Å². The molecule has 0 radical (unpaired) electrons. The second kappa shape index (κ2) is 7.54. The summed E-state index contributed by atoms with van der Waals surface area (Å²) in [5, 5.41) is 0. The minimum atomic E-state index is 0.505. The molecular formula is C8H19N. The van der Waals surface area contributed by atoms with Crippen LogP contribution in [0.4, 0.5) is 0 Å². The topological polar surface area (TPSA) is 26.0 Å². The molecule has 0 aromatic heterocycles. The highest BCUT2D eigenvalue weighted by atomic mass is 14.6. The molecule has 0 atom stereocenters. The van der Waals surface area contributed by atoms with Crippen LogP contribution in [0.1, 0.15) is 34.6 Å². The van der Waals surface area contributed by atoms with Gasteiger partial charge in [0.2, 0.25) is 0 Å². The van der Waals surface area contributed by atoms with Crippen molar-refractivity contribution in [1.29, 1.82) is 0 Å². The fourth-order valence-electron chi connectivity index (χ4n) is 0.333. The third-order valence-corrected chi connectivity index (χ3v) is 1.00. The molecule has 0 saturated heterocycles. The highest BCUT2D eigenvalue weighted by Gasteiger charge is 1.91. The molecule has 0 bridgehead atoms. The number of hydrogen-bond donors (Lipinski definition) is 1. The Kier molecular flexibility index (Phi) is 9.51. The van der Waals surface area contributed by atoms with Crippen molar-refractivity contribution < 1.29 is 0 Å². The van der Waals surface area contributed by atoms with E-state index in [1.54, 1.807) is 0 Å². The predicted molar refractivity (Wildman–Crippen MR) is 44.1 cm³/mol. The van der Waals surface area contributed by atoms with Crippen LogP contribution >= 0.6 is 0 Å². The molecule has 0 aromatic carbocycles. The van der Waals surface area contributed by atoms with E-state index in [2.05, 4.69) is 13.8 Å². The van der Waals surface area contributed by atoms with Crippen LogP contribution in [-0.4, -0.2) is 0 Å². The summed E-state index contributed by atoms with van der Waals surface area (Å²) in [6.45, 7) is 10.1. The van der Waals surface area contributed by atoms with Crippen molar-refractivity contribution in [3.63, 3.8) is 0 Å². The van der Waals surface area contributed by atoms with Gasteiger partial charge in [-0.1, -0.05) is 33.8 Å². The van der Waals surface area contributed by atoms with Crippen molar-refractivity contribution in [2.75, 3.05) is 0 Å². The summed E-state index contributed by atoms with van der Waals surface area (Å²) in [6.07, 6.45) is 1.94. The van der Waals surface area contributed by atoms with Gasteiger partial charge in [-0.3, -0.25) is 0 Å². The van der Waals surface area contributed by atoms with E-state index in [1.165, 1.54) is 0 Å². The number of allylic oxidation sites excluding steroid dienone is 2.